The van der Waals surface area contributed by atoms with Crippen LogP contribution in [0, 0.1) is 0 Å². The van der Waals surface area contributed by atoms with Crippen molar-refractivity contribution >= 4 is 29.3 Å². The summed E-state index contributed by atoms with van der Waals surface area (Å²) in [5, 5.41) is 4.02. The number of ketones is 1. The summed E-state index contributed by atoms with van der Waals surface area (Å²) >= 11 is 1.23. The highest BCUT2D eigenvalue weighted by Gasteiger charge is 2.28. The second-order valence-corrected chi connectivity index (χ2v) is 7.19. The monoisotopic (exact) mass is 370 g/mol. The molecule has 0 saturated heterocycles. The molecule has 1 N–H and O–H groups in total. The highest BCUT2D eigenvalue weighted by molar-refractivity contribution is 7.07. The fourth-order valence-electron chi connectivity index (χ4n) is 2.28. The third kappa shape index (κ3) is 3.65. The number of hydrogen-bond acceptors (Lipinski definition) is 6. The Labute approximate surface area is 153 Å². The van der Waals surface area contributed by atoms with Gasteiger partial charge in [-0.2, -0.15) is 5.10 Å². The summed E-state index contributed by atoms with van der Waals surface area (Å²) in [4.78, 5) is 31.4. The van der Waals surface area contributed by atoms with Crippen molar-refractivity contribution in [2.24, 2.45) is 0 Å². The molecule has 1 aromatic carbocycles. The van der Waals surface area contributed by atoms with Crippen molar-refractivity contribution in [1.29, 1.82) is 0 Å². The van der Waals surface area contributed by atoms with E-state index in [1.165, 1.54) is 34.7 Å². The van der Waals surface area contributed by atoms with Crippen LogP contribution in [0.3, 0.4) is 0 Å². The Kier molecular flexibility index (Phi) is 4.85. The van der Waals surface area contributed by atoms with Crippen molar-refractivity contribution in [2.45, 2.75) is 19.4 Å². The first-order valence-corrected chi connectivity index (χ1v) is 8.68. The first-order chi connectivity index (χ1) is 12.4. The second kappa shape index (κ2) is 7.09. The van der Waals surface area contributed by atoms with E-state index in [2.05, 4.69) is 15.1 Å². The first kappa shape index (κ1) is 17.8. The summed E-state index contributed by atoms with van der Waals surface area (Å²) in [5.41, 5.74) is -0.251. The summed E-state index contributed by atoms with van der Waals surface area (Å²) in [6.07, 6.45) is 6.07. The standard InChI is InChI=1S/C18H18N4O3S/c1-18(2,22-11-19-10-20-22)15(23)9-16-21-17(24)14(26-16)8-12-4-6-13(25-3)7-5-12/h4-11H,1-3H3,(H,21,24)/b14-8-,16-9+. The molecule has 0 radical (unpaired) electrons. The Hall–Kier alpha value is -3.00. The van der Waals surface area contributed by atoms with Gasteiger partial charge in [0.15, 0.2) is 5.78 Å². The van der Waals surface area contributed by atoms with Gasteiger partial charge in [0.05, 0.1) is 16.3 Å². The maximum Gasteiger partial charge on any atom is 0.266 e. The molecule has 8 heteroatoms. The lowest BCUT2D eigenvalue weighted by Gasteiger charge is -2.20. The molecule has 2 aromatic heterocycles. The van der Waals surface area contributed by atoms with Gasteiger partial charge in [-0.1, -0.05) is 12.1 Å². The van der Waals surface area contributed by atoms with Crippen LogP contribution in [0.4, 0.5) is 0 Å². The van der Waals surface area contributed by atoms with Crippen LogP contribution in [0.25, 0.3) is 12.2 Å². The molecule has 3 aromatic rings. The van der Waals surface area contributed by atoms with Crippen LogP contribution < -0.4 is 19.5 Å². The molecule has 7 nitrogen and oxygen atoms in total. The highest BCUT2D eigenvalue weighted by Crippen LogP contribution is 2.15. The maximum absolute atomic E-state index is 12.6. The molecule has 0 spiro atoms. The molecule has 0 fully saturated rings. The number of ether oxygens (including phenoxy) is 1. The number of thiazole rings is 1. The van der Waals surface area contributed by atoms with E-state index >= 15 is 0 Å². The Bertz CT molecular complexity index is 1080. The van der Waals surface area contributed by atoms with Crippen molar-refractivity contribution in [3.05, 3.63) is 62.0 Å². The van der Waals surface area contributed by atoms with Crippen LogP contribution in [0.2, 0.25) is 0 Å². The molecule has 0 atom stereocenters. The van der Waals surface area contributed by atoms with Crippen molar-refractivity contribution in [3.8, 4) is 5.75 Å². The zero-order valence-corrected chi connectivity index (χ0v) is 15.4. The van der Waals surface area contributed by atoms with Crippen LogP contribution in [0.1, 0.15) is 19.4 Å². The largest absolute Gasteiger partial charge is 0.497 e. The molecule has 134 valence electrons. The van der Waals surface area contributed by atoms with E-state index in [1.54, 1.807) is 27.0 Å². The summed E-state index contributed by atoms with van der Waals surface area (Å²) in [6.45, 7) is 3.49. The van der Waals surface area contributed by atoms with E-state index in [-0.39, 0.29) is 11.3 Å². The summed E-state index contributed by atoms with van der Waals surface area (Å²) in [5.74, 6) is 0.564. The highest BCUT2D eigenvalue weighted by atomic mass is 32.1. The molecule has 0 bridgehead atoms. The summed E-state index contributed by atoms with van der Waals surface area (Å²) in [7, 11) is 1.60. The van der Waals surface area contributed by atoms with Crippen LogP contribution in [-0.4, -0.2) is 32.6 Å². The van der Waals surface area contributed by atoms with Crippen molar-refractivity contribution in [2.75, 3.05) is 7.11 Å². The topological polar surface area (TPSA) is 89.9 Å². The number of aromatic nitrogens is 4. The van der Waals surface area contributed by atoms with Gasteiger partial charge in [0, 0.05) is 6.08 Å². The predicted molar refractivity (Wildman–Crippen MR) is 99.6 cm³/mol. The van der Waals surface area contributed by atoms with Crippen molar-refractivity contribution in [3.63, 3.8) is 0 Å². The number of aromatic amines is 1. The Morgan fingerprint density at radius 3 is 2.65 bits per heavy atom. The molecular formula is C18H18N4O3S. The first-order valence-electron chi connectivity index (χ1n) is 7.86. The van der Waals surface area contributed by atoms with Crippen LogP contribution >= 0.6 is 11.3 Å². The molecule has 0 amide bonds. The number of benzene rings is 1. The minimum Gasteiger partial charge on any atom is -0.497 e. The van der Waals surface area contributed by atoms with Gasteiger partial charge in [-0.15, -0.1) is 11.3 Å². The van der Waals surface area contributed by atoms with Gasteiger partial charge < -0.3 is 9.72 Å². The number of nitrogens with one attached hydrogen (secondary N) is 1. The molecule has 26 heavy (non-hydrogen) atoms. The fourth-order valence-corrected chi connectivity index (χ4v) is 3.17. The summed E-state index contributed by atoms with van der Waals surface area (Å²) < 4.78 is 7.62. The zero-order valence-electron chi connectivity index (χ0n) is 14.6. The van der Waals surface area contributed by atoms with Crippen molar-refractivity contribution in [1.82, 2.24) is 19.7 Å². The SMILES string of the molecule is COc1ccc(/C=c2\s/c(=C/C(=O)C(C)(C)n3cncn3)[nH]c2=O)cc1. The van der Waals surface area contributed by atoms with E-state index in [4.69, 9.17) is 4.74 Å². The fraction of sp³-hybridized carbons (Fsp3) is 0.222. The lowest BCUT2D eigenvalue weighted by molar-refractivity contribution is -0.120. The average Bonchev–Trinajstić information content (AvgIpc) is 3.26. The number of Topliss-reactive ketones (excluding diaryl/α,β-unsaturated/α-hetero) is 1. The average molecular weight is 370 g/mol. The Morgan fingerprint density at radius 2 is 2.04 bits per heavy atom. The number of methoxy groups -OCH3 is 1. The number of nitrogens with zero attached hydrogens (tertiary/aromatic N) is 3. The Morgan fingerprint density at radius 1 is 1.31 bits per heavy atom. The minimum absolute atomic E-state index is 0.184. The van der Waals surface area contributed by atoms with Crippen LogP contribution in [0.15, 0.2) is 41.7 Å². The number of carbonyl (C=O) groups excluding carboxylic acids is 1. The van der Waals surface area contributed by atoms with Gasteiger partial charge in [0.2, 0.25) is 0 Å². The van der Waals surface area contributed by atoms with E-state index in [1.807, 2.05) is 24.3 Å². The number of hydrogen-bond donors (Lipinski definition) is 1. The zero-order chi connectivity index (χ0) is 18.7. The summed E-state index contributed by atoms with van der Waals surface area (Å²) in [6, 6.07) is 7.37. The maximum atomic E-state index is 12.6. The lowest BCUT2D eigenvalue weighted by Crippen LogP contribution is -2.36. The third-order valence-electron chi connectivity index (χ3n) is 3.95. The van der Waals surface area contributed by atoms with Crippen LogP contribution in [-0.2, 0) is 10.3 Å². The van der Waals surface area contributed by atoms with Crippen molar-refractivity contribution < 1.29 is 9.53 Å². The predicted octanol–water partition coefficient (Wildman–Crippen LogP) is 0.650. The Balaban J connectivity index is 1.94. The van der Waals surface area contributed by atoms with E-state index < -0.39 is 5.54 Å². The van der Waals surface area contributed by atoms with Gasteiger partial charge >= 0.3 is 0 Å². The molecule has 0 saturated carbocycles. The molecular weight excluding hydrogens is 352 g/mol. The lowest BCUT2D eigenvalue weighted by atomic mass is 10.00. The molecule has 3 rings (SSSR count). The van der Waals surface area contributed by atoms with Gasteiger partial charge in [0.25, 0.3) is 5.56 Å². The molecule has 0 unspecified atom stereocenters. The molecule has 0 aliphatic rings. The quantitative estimate of drug-likeness (QED) is 0.712. The van der Waals surface area contributed by atoms with E-state index in [9.17, 15) is 9.59 Å². The van der Waals surface area contributed by atoms with Gasteiger partial charge in [-0.3, -0.25) is 9.59 Å². The molecule has 2 heterocycles. The second-order valence-electron chi connectivity index (χ2n) is 6.11. The van der Waals surface area contributed by atoms with Gasteiger partial charge in [-0.25, -0.2) is 9.67 Å². The van der Waals surface area contributed by atoms with E-state index in [0.717, 1.165) is 11.3 Å². The molecule has 0 aliphatic heterocycles. The third-order valence-corrected chi connectivity index (χ3v) is 4.91. The number of H-pyrrole nitrogens is 1. The normalized spacial score (nSPS) is 13.2. The van der Waals surface area contributed by atoms with Gasteiger partial charge in [-0.05, 0) is 37.6 Å². The smallest absolute Gasteiger partial charge is 0.266 e. The molecule has 0 aliphatic carbocycles. The van der Waals surface area contributed by atoms with Gasteiger partial charge in [0.1, 0.15) is 23.9 Å². The van der Waals surface area contributed by atoms with Crippen LogP contribution in [0.5, 0.6) is 5.75 Å². The minimum atomic E-state index is -0.892. The number of carbonyl (C=O) groups is 1. The van der Waals surface area contributed by atoms with E-state index in [0.29, 0.717) is 9.20 Å². The number of rotatable bonds is 5.